The SMILES string of the molecule is Cc1ccc(C(=O)NCC(F)(F)F)cc1NC(=O)c1ccco1. The van der Waals surface area contributed by atoms with Crippen LogP contribution in [0.25, 0.3) is 0 Å². The third kappa shape index (κ3) is 4.60. The average molecular weight is 326 g/mol. The number of aryl methyl sites for hydroxylation is 1. The molecule has 1 aromatic heterocycles. The molecule has 8 heteroatoms. The minimum absolute atomic E-state index is 0.00888. The van der Waals surface area contributed by atoms with Crippen LogP contribution in [0.5, 0.6) is 0 Å². The number of halogens is 3. The van der Waals surface area contributed by atoms with Crippen molar-refractivity contribution in [3.05, 3.63) is 53.5 Å². The Kier molecular flexibility index (Phi) is 4.73. The van der Waals surface area contributed by atoms with Crippen LogP contribution >= 0.6 is 0 Å². The molecule has 5 nitrogen and oxygen atoms in total. The number of amides is 2. The number of carbonyl (C=O) groups excluding carboxylic acids is 2. The van der Waals surface area contributed by atoms with Crippen molar-refractivity contribution in [2.24, 2.45) is 0 Å². The summed E-state index contributed by atoms with van der Waals surface area (Å²) in [5, 5.41) is 4.32. The molecule has 2 aromatic rings. The van der Waals surface area contributed by atoms with Gasteiger partial charge in [-0.2, -0.15) is 13.2 Å². The van der Waals surface area contributed by atoms with Crippen molar-refractivity contribution in [2.75, 3.05) is 11.9 Å². The smallest absolute Gasteiger partial charge is 0.405 e. The fraction of sp³-hybridized carbons (Fsp3) is 0.200. The Morgan fingerprint density at radius 1 is 1.17 bits per heavy atom. The van der Waals surface area contributed by atoms with Crippen molar-refractivity contribution in [1.29, 1.82) is 0 Å². The molecule has 23 heavy (non-hydrogen) atoms. The second kappa shape index (κ2) is 6.55. The first-order chi connectivity index (χ1) is 10.8. The van der Waals surface area contributed by atoms with Gasteiger partial charge in [0.2, 0.25) is 0 Å². The van der Waals surface area contributed by atoms with E-state index < -0.39 is 24.5 Å². The molecule has 0 atom stereocenters. The van der Waals surface area contributed by atoms with E-state index >= 15 is 0 Å². The van der Waals surface area contributed by atoms with E-state index in [0.29, 0.717) is 11.3 Å². The summed E-state index contributed by atoms with van der Waals surface area (Å²) in [6.45, 7) is 0.267. The topological polar surface area (TPSA) is 71.3 Å². The molecule has 2 N–H and O–H groups in total. The summed E-state index contributed by atoms with van der Waals surface area (Å²) in [5.74, 6) is -1.32. The van der Waals surface area contributed by atoms with Gasteiger partial charge in [-0.1, -0.05) is 6.07 Å². The molecule has 122 valence electrons. The summed E-state index contributed by atoms with van der Waals surface area (Å²) in [6.07, 6.45) is -3.15. The molecular weight excluding hydrogens is 313 g/mol. The van der Waals surface area contributed by atoms with Gasteiger partial charge in [-0.05, 0) is 36.8 Å². The quantitative estimate of drug-likeness (QED) is 0.907. The first-order valence-electron chi connectivity index (χ1n) is 6.57. The van der Waals surface area contributed by atoms with Gasteiger partial charge in [0.15, 0.2) is 5.76 Å². The number of hydrogen-bond donors (Lipinski definition) is 2. The van der Waals surface area contributed by atoms with Gasteiger partial charge in [-0.15, -0.1) is 0 Å². The number of benzene rings is 1. The van der Waals surface area contributed by atoms with Crippen LogP contribution in [-0.4, -0.2) is 24.5 Å². The second-order valence-corrected chi connectivity index (χ2v) is 4.76. The lowest BCUT2D eigenvalue weighted by atomic mass is 10.1. The lowest BCUT2D eigenvalue weighted by Crippen LogP contribution is -2.33. The van der Waals surface area contributed by atoms with Gasteiger partial charge in [0.05, 0.1) is 6.26 Å². The van der Waals surface area contributed by atoms with Crippen molar-refractivity contribution >= 4 is 17.5 Å². The van der Waals surface area contributed by atoms with Crippen LogP contribution in [0, 0.1) is 6.92 Å². The molecule has 0 radical (unpaired) electrons. The summed E-state index contributed by atoms with van der Waals surface area (Å²) in [5.41, 5.74) is 0.970. The molecule has 0 bridgehead atoms. The van der Waals surface area contributed by atoms with E-state index in [9.17, 15) is 22.8 Å². The summed E-state index contributed by atoms with van der Waals surface area (Å²) >= 11 is 0. The number of anilines is 1. The van der Waals surface area contributed by atoms with E-state index in [-0.39, 0.29) is 11.3 Å². The number of carbonyl (C=O) groups is 2. The molecule has 0 spiro atoms. The maximum Gasteiger partial charge on any atom is 0.405 e. The van der Waals surface area contributed by atoms with E-state index in [2.05, 4.69) is 5.32 Å². The van der Waals surface area contributed by atoms with Gasteiger partial charge >= 0.3 is 6.18 Å². The van der Waals surface area contributed by atoms with Gasteiger partial charge in [-0.3, -0.25) is 9.59 Å². The standard InChI is InChI=1S/C15H13F3N2O3/c1-9-4-5-10(13(21)19-8-15(16,17)18)7-11(9)20-14(22)12-3-2-6-23-12/h2-7H,8H2,1H3,(H,19,21)(H,20,22). The highest BCUT2D eigenvalue weighted by molar-refractivity contribution is 6.03. The van der Waals surface area contributed by atoms with Gasteiger partial charge in [-0.25, -0.2) is 0 Å². The highest BCUT2D eigenvalue weighted by atomic mass is 19.4. The fourth-order valence-corrected chi connectivity index (χ4v) is 1.77. The Balaban J connectivity index is 2.12. The van der Waals surface area contributed by atoms with Crippen molar-refractivity contribution in [3.63, 3.8) is 0 Å². The number of alkyl halides is 3. The van der Waals surface area contributed by atoms with Crippen molar-refractivity contribution in [3.8, 4) is 0 Å². The summed E-state index contributed by atoms with van der Waals surface area (Å²) in [4.78, 5) is 23.6. The summed E-state index contributed by atoms with van der Waals surface area (Å²) < 4.78 is 41.3. The monoisotopic (exact) mass is 326 g/mol. The Morgan fingerprint density at radius 2 is 1.91 bits per heavy atom. The van der Waals surface area contributed by atoms with E-state index in [0.717, 1.165) is 0 Å². The predicted octanol–water partition coefficient (Wildman–Crippen LogP) is 3.13. The van der Waals surface area contributed by atoms with Crippen LogP contribution in [0.15, 0.2) is 41.0 Å². The van der Waals surface area contributed by atoms with Gasteiger partial charge < -0.3 is 15.1 Å². The zero-order valence-corrected chi connectivity index (χ0v) is 12.0. The van der Waals surface area contributed by atoms with Crippen LogP contribution in [0.4, 0.5) is 18.9 Å². The van der Waals surface area contributed by atoms with E-state index in [4.69, 9.17) is 4.42 Å². The Bertz CT molecular complexity index is 709. The molecule has 2 rings (SSSR count). The molecule has 0 aliphatic heterocycles. The molecule has 1 heterocycles. The molecule has 0 fully saturated rings. The molecule has 0 aliphatic carbocycles. The van der Waals surface area contributed by atoms with Crippen LogP contribution in [-0.2, 0) is 0 Å². The largest absolute Gasteiger partial charge is 0.459 e. The van der Waals surface area contributed by atoms with Gasteiger partial charge in [0.25, 0.3) is 11.8 Å². The number of furan rings is 1. The second-order valence-electron chi connectivity index (χ2n) is 4.76. The fourth-order valence-electron chi connectivity index (χ4n) is 1.77. The lowest BCUT2D eigenvalue weighted by molar-refractivity contribution is -0.123. The van der Waals surface area contributed by atoms with Crippen molar-refractivity contribution < 1.29 is 27.2 Å². The van der Waals surface area contributed by atoms with E-state index in [1.54, 1.807) is 18.3 Å². The first kappa shape index (κ1) is 16.6. The minimum atomic E-state index is -4.49. The molecule has 0 saturated carbocycles. The molecule has 0 saturated heterocycles. The third-order valence-corrected chi connectivity index (χ3v) is 2.94. The average Bonchev–Trinajstić information content (AvgIpc) is 3.00. The molecule has 0 unspecified atom stereocenters. The minimum Gasteiger partial charge on any atom is -0.459 e. The van der Waals surface area contributed by atoms with Crippen LogP contribution in [0.3, 0.4) is 0 Å². The molecule has 2 amide bonds. The maximum atomic E-state index is 12.1. The Labute approximate surface area is 129 Å². The lowest BCUT2D eigenvalue weighted by Gasteiger charge is -2.11. The van der Waals surface area contributed by atoms with E-state index in [1.807, 2.05) is 0 Å². The number of rotatable bonds is 4. The molecular formula is C15H13F3N2O3. The van der Waals surface area contributed by atoms with Crippen LogP contribution in [0.1, 0.15) is 26.5 Å². The Hall–Kier alpha value is -2.77. The maximum absolute atomic E-state index is 12.1. The first-order valence-corrected chi connectivity index (χ1v) is 6.57. The number of nitrogens with one attached hydrogen (secondary N) is 2. The zero-order chi connectivity index (χ0) is 17.0. The zero-order valence-electron chi connectivity index (χ0n) is 12.0. The number of hydrogen-bond acceptors (Lipinski definition) is 3. The predicted molar refractivity (Wildman–Crippen MR) is 76.2 cm³/mol. The summed E-state index contributed by atoms with van der Waals surface area (Å²) in [6, 6.07) is 7.22. The van der Waals surface area contributed by atoms with Gasteiger partial charge in [0, 0.05) is 11.3 Å². The highest BCUT2D eigenvalue weighted by Crippen LogP contribution is 2.19. The van der Waals surface area contributed by atoms with Crippen molar-refractivity contribution in [1.82, 2.24) is 5.32 Å². The van der Waals surface area contributed by atoms with E-state index in [1.165, 1.54) is 30.5 Å². The normalized spacial score (nSPS) is 11.1. The van der Waals surface area contributed by atoms with Crippen molar-refractivity contribution in [2.45, 2.75) is 13.1 Å². The van der Waals surface area contributed by atoms with Crippen LogP contribution < -0.4 is 10.6 Å². The molecule has 0 aliphatic rings. The Morgan fingerprint density at radius 3 is 2.52 bits per heavy atom. The highest BCUT2D eigenvalue weighted by Gasteiger charge is 2.28. The molecule has 1 aromatic carbocycles. The van der Waals surface area contributed by atoms with Gasteiger partial charge in [0.1, 0.15) is 6.54 Å². The third-order valence-electron chi connectivity index (χ3n) is 2.94. The summed E-state index contributed by atoms with van der Waals surface area (Å²) in [7, 11) is 0. The van der Waals surface area contributed by atoms with Crippen LogP contribution in [0.2, 0.25) is 0 Å².